The molecule has 3 rings (SSSR count). The Hall–Kier alpha value is -2.77. The number of fused-ring (bicyclic) bond motifs is 1. The Bertz CT molecular complexity index is 727. The van der Waals surface area contributed by atoms with Crippen molar-refractivity contribution in [3.05, 3.63) is 23.8 Å². The van der Waals surface area contributed by atoms with E-state index in [-0.39, 0.29) is 30.7 Å². The molecule has 0 unspecified atom stereocenters. The minimum Gasteiger partial charge on any atom is -0.486 e. The summed E-state index contributed by atoms with van der Waals surface area (Å²) >= 11 is 0. The van der Waals surface area contributed by atoms with E-state index in [0.717, 1.165) is 5.56 Å². The van der Waals surface area contributed by atoms with E-state index in [1.807, 2.05) is 6.07 Å². The van der Waals surface area contributed by atoms with Crippen LogP contribution in [0, 0.1) is 5.92 Å². The van der Waals surface area contributed by atoms with Gasteiger partial charge in [-0.3, -0.25) is 14.4 Å². The second-order valence-electron chi connectivity index (χ2n) is 6.90. The number of likely N-dealkylation sites (tertiary alicyclic amines) is 1. The van der Waals surface area contributed by atoms with Crippen LogP contribution in [0.4, 0.5) is 0 Å². The van der Waals surface area contributed by atoms with Crippen molar-refractivity contribution in [2.45, 2.75) is 19.3 Å². The summed E-state index contributed by atoms with van der Waals surface area (Å²) in [4.78, 5) is 38.9. The second-order valence-corrected chi connectivity index (χ2v) is 6.90. The molecule has 0 saturated carbocycles. The Morgan fingerprint density at radius 3 is 2.48 bits per heavy atom. The molecule has 8 nitrogen and oxygen atoms in total. The van der Waals surface area contributed by atoms with E-state index in [2.05, 4.69) is 0 Å². The highest BCUT2D eigenvalue weighted by molar-refractivity contribution is 5.86. The Morgan fingerprint density at radius 2 is 1.81 bits per heavy atom. The first-order chi connectivity index (χ1) is 12.9. The van der Waals surface area contributed by atoms with E-state index in [0.29, 0.717) is 50.6 Å². The third-order valence-corrected chi connectivity index (χ3v) is 4.96. The van der Waals surface area contributed by atoms with Crippen LogP contribution in [0.3, 0.4) is 0 Å². The van der Waals surface area contributed by atoms with E-state index in [4.69, 9.17) is 14.6 Å². The maximum Gasteiger partial charge on any atom is 0.306 e. The molecule has 2 heterocycles. The summed E-state index contributed by atoms with van der Waals surface area (Å²) in [7, 11) is 1.60. The van der Waals surface area contributed by atoms with Crippen molar-refractivity contribution in [2.75, 3.05) is 39.9 Å². The third-order valence-electron chi connectivity index (χ3n) is 4.96. The number of ether oxygens (including phenoxy) is 2. The van der Waals surface area contributed by atoms with Gasteiger partial charge in [-0.1, -0.05) is 6.07 Å². The van der Waals surface area contributed by atoms with E-state index in [9.17, 15) is 14.4 Å². The van der Waals surface area contributed by atoms with Crippen LogP contribution < -0.4 is 9.47 Å². The largest absolute Gasteiger partial charge is 0.486 e. The normalized spacial score (nSPS) is 16.7. The number of hydrogen-bond acceptors (Lipinski definition) is 5. The van der Waals surface area contributed by atoms with E-state index in [1.165, 1.54) is 4.90 Å². The number of benzene rings is 1. The van der Waals surface area contributed by atoms with Crippen molar-refractivity contribution in [3.63, 3.8) is 0 Å². The summed E-state index contributed by atoms with van der Waals surface area (Å²) in [5.74, 6) is -0.216. The number of piperidine rings is 1. The number of nitrogens with zero attached hydrogens (tertiary/aromatic N) is 2. The van der Waals surface area contributed by atoms with Gasteiger partial charge in [0.25, 0.3) is 0 Å². The van der Waals surface area contributed by atoms with Crippen molar-refractivity contribution >= 4 is 17.8 Å². The summed E-state index contributed by atoms with van der Waals surface area (Å²) in [6, 6.07) is 5.39. The van der Waals surface area contributed by atoms with Gasteiger partial charge < -0.3 is 24.4 Å². The monoisotopic (exact) mass is 376 g/mol. The van der Waals surface area contributed by atoms with Gasteiger partial charge in [0.1, 0.15) is 13.2 Å². The molecule has 8 heteroatoms. The number of hydrogen-bond donors (Lipinski definition) is 1. The molecule has 0 atom stereocenters. The summed E-state index contributed by atoms with van der Waals surface area (Å²) in [6.45, 7) is 1.82. The minimum atomic E-state index is -0.811. The second kappa shape index (κ2) is 8.28. The number of amides is 2. The van der Waals surface area contributed by atoms with Crippen LogP contribution in [0.5, 0.6) is 11.5 Å². The van der Waals surface area contributed by atoms with Crippen molar-refractivity contribution in [3.8, 4) is 11.5 Å². The fraction of sp³-hybridized carbons (Fsp3) is 0.526. The lowest BCUT2D eigenvalue weighted by Gasteiger charge is -2.31. The van der Waals surface area contributed by atoms with E-state index >= 15 is 0 Å². The molecule has 0 aliphatic carbocycles. The van der Waals surface area contributed by atoms with Crippen LogP contribution in [0.15, 0.2) is 18.2 Å². The van der Waals surface area contributed by atoms with Crippen molar-refractivity contribution in [1.29, 1.82) is 0 Å². The van der Waals surface area contributed by atoms with Gasteiger partial charge in [0.15, 0.2) is 11.5 Å². The lowest BCUT2D eigenvalue weighted by Crippen LogP contribution is -2.45. The molecule has 2 aliphatic heterocycles. The molecule has 27 heavy (non-hydrogen) atoms. The van der Waals surface area contributed by atoms with Crippen LogP contribution in [-0.4, -0.2) is 72.6 Å². The molecule has 1 saturated heterocycles. The van der Waals surface area contributed by atoms with Gasteiger partial charge in [0.2, 0.25) is 11.8 Å². The molecule has 2 aliphatic rings. The quantitative estimate of drug-likeness (QED) is 0.816. The lowest BCUT2D eigenvalue weighted by molar-refractivity contribution is -0.146. The van der Waals surface area contributed by atoms with Crippen LogP contribution in [0.2, 0.25) is 0 Å². The standard InChI is InChI=1S/C19H24N2O6/c1-20(12-18(23)21-6-4-14(5-7-21)19(24)25)17(22)11-13-2-3-15-16(10-13)27-9-8-26-15/h2-3,10,14H,4-9,11-12H2,1H3,(H,24,25). The van der Waals surface area contributed by atoms with Gasteiger partial charge in [-0.15, -0.1) is 0 Å². The first-order valence-corrected chi connectivity index (χ1v) is 9.07. The van der Waals surface area contributed by atoms with Crippen molar-refractivity contribution < 1.29 is 29.0 Å². The van der Waals surface area contributed by atoms with Crippen LogP contribution in [0.25, 0.3) is 0 Å². The summed E-state index contributed by atoms with van der Waals surface area (Å²) in [5.41, 5.74) is 0.797. The summed E-state index contributed by atoms with van der Waals surface area (Å²) in [5, 5.41) is 9.02. The molecule has 2 amide bonds. The fourth-order valence-corrected chi connectivity index (χ4v) is 3.27. The first-order valence-electron chi connectivity index (χ1n) is 9.07. The number of carboxylic acids is 1. The van der Waals surface area contributed by atoms with Crippen LogP contribution in [0.1, 0.15) is 18.4 Å². The molecule has 0 aromatic heterocycles. The van der Waals surface area contributed by atoms with Gasteiger partial charge in [-0.25, -0.2) is 0 Å². The smallest absolute Gasteiger partial charge is 0.306 e. The molecule has 1 aromatic carbocycles. The minimum absolute atomic E-state index is 0.0128. The van der Waals surface area contributed by atoms with Gasteiger partial charge in [-0.05, 0) is 30.5 Å². The van der Waals surface area contributed by atoms with Crippen LogP contribution in [-0.2, 0) is 20.8 Å². The number of rotatable bonds is 5. The highest BCUT2D eigenvalue weighted by Gasteiger charge is 2.28. The highest BCUT2D eigenvalue weighted by Crippen LogP contribution is 2.31. The van der Waals surface area contributed by atoms with Crippen molar-refractivity contribution in [1.82, 2.24) is 9.80 Å². The predicted molar refractivity (Wildman–Crippen MR) is 95.7 cm³/mol. The molecule has 0 bridgehead atoms. The van der Waals surface area contributed by atoms with Gasteiger partial charge in [0.05, 0.1) is 18.9 Å². The Labute approximate surface area is 157 Å². The lowest BCUT2D eigenvalue weighted by atomic mass is 9.97. The summed E-state index contributed by atoms with van der Waals surface area (Å²) < 4.78 is 11.0. The fourth-order valence-electron chi connectivity index (χ4n) is 3.27. The number of likely N-dealkylation sites (N-methyl/N-ethyl adjacent to an activating group) is 1. The van der Waals surface area contributed by atoms with Gasteiger partial charge >= 0.3 is 5.97 Å². The van der Waals surface area contributed by atoms with Gasteiger partial charge in [-0.2, -0.15) is 0 Å². The zero-order valence-corrected chi connectivity index (χ0v) is 15.3. The first kappa shape index (κ1) is 19.0. The zero-order chi connectivity index (χ0) is 19.4. The maximum absolute atomic E-state index is 12.4. The topological polar surface area (TPSA) is 96.4 Å². The molecule has 1 N–H and O–H groups in total. The number of carbonyl (C=O) groups is 3. The molecule has 0 spiro atoms. The highest BCUT2D eigenvalue weighted by atomic mass is 16.6. The van der Waals surface area contributed by atoms with Gasteiger partial charge in [0, 0.05) is 20.1 Å². The van der Waals surface area contributed by atoms with Crippen LogP contribution >= 0.6 is 0 Å². The Morgan fingerprint density at radius 1 is 1.15 bits per heavy atom. The Kier molecular flexibility index (Phi) is 5.83. The summed E-state index contributed by atoms with van der Waals surface area (Å²) in [6.07, 6.45) is 1.08. The van der Waals surface area contributed by atoms with Crippen molar-refractivity contribution in [2.24, 2.45) is 5.92 Å². The molecule has 1 aromatic rings. The van der Waals surface area contributed by atoms with E-state index < -0.39 is 5.97 Å². The zero-order valence-electron chi connectivity index (χ0n) is 15.3. The molecule has 1 fully saturated rings. The van der Waals surface area contributed by atoms with E-state index in [1.54, 1.807) is 24.1 Å². The molecule has 146 valence electrons. The average Bonchev–Trinajstić information content (AvgIpc) is 2.67. The average molecular weight is 376 g/mol. The number of carbonyl (C=O) groups excluding carboxylic acids is 2. The predicted octanol–water partition coefficient (Wildman–Crippen LogP) is 0.782. The molecule has 0 radical (unpaired) electrons. The third kappa shape index (κ3) is 4.69. The number of carboxylic acid groups (broad SMARTS) is 1. The molecular formula is C19H24N2O6. The Balaban J connectivity index is 1.50. The number of aliphatic carboxylic acids is 1. The molecular weight excluding hydrogens is 352 g/mol. The maximum atomic E-state index is 12.4. The SMILES string of the molecule is CN(CC(=O)N1CCC(C(=O)O)CC1)C(=O)Cc1ccc2c(c1)OCCO2.